The fourth-order valence-corrected chi connectivity index (χ4v) is 1.91. The SMILES string of the molecule is OCCn1cc(CNCc2ccccc2C(F)(F)F)nn1. The van der Waals surface area contributed by atoms with E-state index in [0.717, 1.165) is 6.07 Å². The summed E-state index contributed by atoms with van der Waals surface area (Å²) in [6.07, 6.45) is -2.72. The van der Waals surface area contributed by atoms with Gasteiger partial charge in [-0.25, -0.2) is 4.68 Å². The molecule has 0 atom stereocenters. The molecule has 8 heteroatoms. The summed E-state index contributed by atoms with van der Waals surface area (Å²) in [6, 6.07) is 5.45. The van der Waals surface area contributed by atoms with Gasteiger partial charge in [-0.1, -0.05) is 23.4 Å². The average molecular weight is 300 g/mol. The molecular weight excluding hydrogens is 285 g/mol. The highest BCUT2D eigenvalue weighted by atomic mass is 19.4. The van der Waals surface area contributed by atoms with E-state index in [4.69, 9.17) is 5.11 Å². The number of hydrogen-bond acceptors (Lipinski definition) is 4. The zero-order chi connectivity index (χ0) is 15.3. The van der Waals surface area contributed by atoms with Gasteiger partial charge in [-0.3, -0.25) is 0 Å². The van der Waals surface area contributed by atoms with Crippen molar-refractivity contribution in [3.8, 4) is 0 Å². The van der Waals surface area contributed by atoms with Crippen molar-refractivity contribution >= 4 is 0 Å². The van der Waals surface area contributed by atoms with Crippen LogP contribution in [0.3, 0.4) is 0 Å². The van der Waals surface area contributed by atoms with Crippen molar-refractivity contribution in [2.45, 2.75) is 25.8 Å². The van der Waals surface area contributed by atoms with E-state index >= 15 is 0 Å². The Hall–Kier alpha value is -1.93. The van der Waals surface area contributed by atoms with Crippen LogP contribution in [0.2, 0.25) is 0 Å². The molecular formula is C13H15F3N4O. The summed E-state index contributed by atoms with van der Waals surface area (Å²) >= 11 is 0. The molecule has 1 aromatic carbocycles. The Morgan fingerprint density at radius 2 is 1.95 bits per heavy atom. The van der Waals surface area contributed by atoms with Crippen molar-refractivity contribution in [3.05, 3.63) is 47.3 Å². The molecule has 0 aliphatic carbocycles. The van der Waals surface area contributed by atoms with Crippen LogP contribution in [0.25, 0.3) is 0 Å². The molecule has 0 aliphatic heterocycles. The fraction of sp³-hybridized carbons (Fsp3) is 0.385. The Balaban J connectivity index is 1.94. The van der Waals surface area contributed by atoms with E-state index in [9.17, 15) is 13.2 Å². The first-order chi connectivity index (χ1) is 10.0. The fourth-order valence-electron chi connectivity index (χ4n) is 1.91. The molecule has 0 amide bonds. The predicted molar refractivity (Wildman–Crippen MR) is 69.1 cm³/mol. The molecule has 0 bridgehead atoms. The molecule has 0 spiro atoms. The average Bonchev–Trinajstić information content (AvgIpc) is 2.86. The zero-order valence-corrected chi connectivity index (χ0v) is 11.1. The third kappa shape index (κ3) is 4.27. The Kier molecular flexibility index (Phi) is 4.92. The van der Waals surface area contributed by atoms with Crippen LogP contribution < -0.4 is 5.32 Å². The van der Waals surface area contributed by atoms with Gasteiger partial charge >= 0.3 is 6.18 Å². The second kappa shape index (κ2) is 6.68. The van der Waals surface area contributed by atoms with Crippen molar-refractivity contribution in [3.63, 3.8) is 0 Å². The minimum atomic E-state index is -4.36. The summed E-state index contributed by atoms with van der Waals surface area (Å²) in [5.74, 6) is 0. The lowest BCUT2D eigenvalue weighted by molar-refractivity contribution is -0.138. The quantitative estimate of drug-likeness (QED) is 0.850. The second-order valence-electron chi connectivity index (χ2n) is 4.46. The highest BCUT2D eigenvalue weighted by Crippen LogP contribution is 2.31. The summed E-state index contributed by atoms with van der Waals surface area (Å²) in [5, 5.41) is 19.3. The number of alkyl halides is 3. The minimum Gasteiger partial charge on any atom is -0.394 e. The number of aromatic nitrogens is 3. The number of nitrogens with zero attached hydrogens (tertiary/aromatic N) is 3. The van der Waals surface area contributed by atoms with Crippen LogP contribution in [-0.4, -0.2) is 26.7 Å². The molecule has 5 nitrogen and oxygen atoms in total. The largest absolute Gasteiger partial charge is 0.416 e. The van der Waals surface area contributed by atoms with E-state index in [-0.39, 0.29) is 18.7 Å². The maximum Gasteiger partial charge on any atom is 0.416 e. The van der Waals surface area contributed by atoms with E-state index in [1.54, 1.807) is 12.3 Å². The van der Waals surface area contributed by atoms with Gasteiger partial charge < -0.3 is 10.4 Å². The molecule has 2 N–H and O–H groups in total. The predicted octanol–water partition coefficient (Wildman–Crippen LogP) is 1.58. The van der Waals surface area contributed by atoms with E-state index in [1.807, 2.05) is 0 Å². The monoisotopic (exact) mass is 300 g/mol. The third-order valence-electron chi connectivity index (χ3n) is 2.86. The molecule has 0 aliphatic rings. The van der Waals surface area contributed by atoms with E-state index in [0.29, 0.717) is 18.8 Å². The van der Waals surface area contributed by atoms with Gasteiger partial charge in [0.25, 0.3) is 0 Å². The zero-order valence-electron chi connectivity index (χ0n) is 11.1. The molecule has 2 aromatic rings. The first-order valence-electron chi connectivity index (χ1n) is 6.36. The highest BCUT2D eigenvalue weighted by Gasteiger charge is 2.32. The number of aliphatic hydroxyl groups is 1. The summed E-state index contributed by atoms with van der Waals surface area (Å²) in [6.45, 7) is 0.680. The van der Waals surface area contributed by atoms with Crippen LogP contribution in [0, 0.1) is 0 Å². The normalized spacial score (nSPS) is 11.8. The van der Waals surface area contributed by atoms with Gasteiger partial charge in [-0.05, 0) is 11.6 Å². The number of nitrogens with one attached hydrogen (secondary N) is 1. The smallest absolute Gasteiger partial charge is 0.394 e. The second-order valence-corrected chi connectivity index (χ2v) is 4.46. The molecule has 21 heavy (non-hydrogen) atoms. The van der Waals surface area contributed by atoms with E-state index in [2.05, 4.69) is 15.6 Å². The Morgan fingerprint density at radius 1 is 1.19 bits per heavy atom. The van der Waals surface area contributed by atoms with Gasteiger partial charge in [0.15, 0.2) is 0 Å². The molecule has 1 aromatic heterocycles. The van der Waals surface area contributed by atoms with Gasteiger partial charge in [-0.15, -0.1) is 5.10 Å². The topological polar surface area (TPSA) is 63.0 Å². The van der Waals surface area contributed by atoms with Gasteiger partial charge in [-0.2, -0.15) is 13.2 Å². The van der Waals surface area contributed by atoms with Crippen LogP contribution in [0.5, 0.6) is 0 Å². The van der Waals surface area contributed by atoms with Crippen LogP contribution in [-0.2, 0) is 25.8 Å². The number of rotatable bonds is 6. The van der Waals surface area contributed by atoms with Gasteiger partial charge in [0.2, 0.25) is 0 Å². The van der Waals surface area contributed by atoms with Crippen molar-refractivity contribution in [2.24, 2.45) is 0 Å². The van der Waals surface area contributed by atoms with Gasteiger partial charge in [0, 0.05) is 19.3 Å². The van der Waals surface area contributed by atoms with E-state index < -0.39 is 11.7 Å². The lowest BCUT2D eigenvalue weighted by Crippen LogP contribution is -2.17. The van der Waals surface area contributed by atoms with Crippen molar-refractivity contribution in [1.82, 2.24) is 20.3 Å². The lowest BCUT2D eigenvalue weighted by Gasteiger charge is -2.12. The Labute approximate surface area is 119 Å². The minimum absolute atomic E-state index is 0.0464. The lowest BCUT2D eigenvalue weighted by atomic mass is 10.1. The van der Waals surface area contributed by atoms with Crippen molar-refractivity contribution in [1.29, 1.82) is 0 Å². The maximum absolute atomic E-state index is 12.8. The van der Waals surface area contributed by atoms with E-state index in [1.165, 1.54) is 16.8 Å². The summed E-state index contributed by atoms with van der Waals surface area (Å²) in [5.41, 5.74) is 0.155. The van der Waals surface area contributed by atoms with Gasteiger partial charge in [0.1, 0.15) is 0 Å². The summed E-state index contributed by atoms with van der Waals surface area (Å²) < 4.78 is 39.9. The summed E-state index contributed by atoms with van der Waals surface area (Å²) in [4.78, 5) is 0. The van der Waals surface area contributed by atoms with Gasteiger partial charge in [0.05, 0.1) is 24.4 Å². The molecule has 0 unspecified atom stereocenters. The number of aliphatic hydroxyl groups excluding tert-OH is 1. The first kappa shape index (κ1) is 15.5. The number of benzene rings is 1. The Morgan fingerprint density at radius 3 is 2.67 bits per heavy atom. The highest BCUT2D eigenvalue weighted by molar-refractivity contribution is 5.29. The van der Waals surface area contributed by atoms with Crippen LogP contribution >= 0.6 is 0 Å². The maximum atomic E-state index is 12.8. The first-order valence-corrected chi connectivity index (χ1v) is 6.36. The van der Waals surface area contributed by atoms with Crippen molar-refractivity contribution < 1.29 is 18.3 Å². The standard InChI is InChI=1S/C13H15F3N4O/c14-13(15,16)12-4-2-1-3-10(12)7-17-8-11-9-20(5-6-21)19-18-11/h1-4,9,17,21H,5-8H2. The number of halogens is 3. The molecule has 0 saturated heterocycles. The molecule has 0 radical (unpaired) electrons. The molecule has 1 heterocycles. The summed E-state index contributed by atoms with van der Waals surface area (Å²) in [7, 11) is 0. The van der Waals surface area contributed by atoms with Crippen LogP contribution in [0.1, 0.15) is 16.8 Å². The number of hydrogen-bond donors (Lipinski definition) is 2. The molecule has 114 valence electrons. The Bertz CT molecular complexity index is 583. The van der Waals surface area contributed by atoms with Crippen molar-refractivity contribution in [2.75, 3.05) is 6.61 Å². The van der Waals surface area contributed by atoms with Crippen LogP contribution in [0.15, 0.2) is 30.5 Å². The molecule has 0 saturated carbocycles. The molecule has 0 fully saturated rings. The molecule has 2 rings (SSSR count). The third-order valence-corrected chi connectivity index (χ3v) is 2.86. The van der Waals surface area contributed by atoms with Crippen LogP contribution in [0.4, 0.5) is 13.2 Å².